The van der Waals surface area contributed by atoms with E-state index in [0.29, 0.717) is 5.69 Å². The third-order valence-electron chi connectivity index (χ3n) is 2.47. The Hall–Kier alpha value is -2.10. The first kappa shape index (κ1) is 11.4. The van der Waals surface area contributed by atoms with Crippen LogP contribution in [0.2, 0.25) is 0 Å². The van der Waals surface area contributed by atoms with Crippen molar-refractivity contribution < 1.29 is 4.79 Å². The zero-order valence-electron chi connectivity index (χ0n) is 9.97. The van der Waals surface area contributed by atoms with Crippen molar-refractivity contribution in [3.8, 4) is 0 Å². The van der Waals surface area contributed by atoms with Gasteiger partial charge in [-0.1, -0.05) is 12.1 Å². The van der Waals surface area contributed by atoms with E-state index < -0.39 is 0 Å². The van der Waals surface area contributed by atoms with Crippen LogP contribution in [0.25, 0.3) is 0 Å². The number of aromatic nitrogens is 2. The van der Waals surface area contributed by atoms with Gasteiger partial charge in [-0.15, -0.1) is 0 Å². The van der Waals surface area contributed by atoms with Crippen LogP contribution in [-0.2, 0) is 6.54 Å². The lowest BCUT2D eigenvalue weighted by Crippen LogP contribution is -2.13. The molecule has 17 heavy (non-hydrogen) atoms. The van der Waals surface area contributed by atoms with Gasteiger partial charge in [-0.3, -0.25) is 9.48 Å². The molecule has 0 radical (unpaired) electrons. The van der Waals surface area contributed by atoms with E-state index in [0.717, 1.165) is 17.8 Å². The highest BCUT2D eigenvalue weighted by atomic mass is 16.1. The lowest BCUT2D eigenvalue weighted by molar-refractivity contribution is 0.102. The fraction of sp³-hybridized carbons (Fsp3) is 0.231. The number of amides is 1. The molecule has 0 atom stereocenters. The average molecular weight is 229 g/mol. The Morgan fingerprint density at radius 3 is 2.88 bits per heavy atom. The molecule has 0 aliphatic carbocycles. The summed E-state index contributed by atoms with van der Waals surface area (Å²) in [6.45, 7) is 4.73. The molecule has 0 unspecified atom stereocenters. The number of rotatable bonds is 3. The van der Waals surface area contributed by atoms with E-state index in [1.807, 2.05) is 38.1 Å². The van der Waals surface area contributed by atoms with Crippen molar-refractivity contribution >= 4 is 11.6 Å². The number of benzene rings is 1. The van der Waals surface area contributed by atoms with Gasteiger partial charge in [0.2, 0.25) is 0 Å². The van der Waals surface area contributed by atoms with Gasteiger partial charge >= 0.3 is 0 Å². The Morgan fingerprint density at radius 2 is 2.24 bits per heavy atom. The Kier molecular flexibility index (Phi) is 3.23. The van der Waals surface area contributed by atoms with Crippen LogP contribution in [0.15, 0.2) is 36.5 Å². The topological polar surface area (TPSA) is 46.9 Å². The summed E-state index contributed by atoms with van der Waals surface area (Å²) in [4.78, 5) is 11.9. The van der Waals surface area contributed by atoms with E-state index in [4.69, 9.17) is 0 Å². The Morgan fingerprint density at radius 1 is 1.41 bits per heavy atom. The molecular weight excluding hydrogens is 214 g/mol. The van der Waals surface area contributed by atoms with E-state index >= 15 is 0 Å². The quantitative estimate of drug-likeness (QED) is 0.878. The molecule has 1 amide bonds. The van der Waals surface area contributed by atoms with Gasteiger partial charge in [0.25, 0.3) is 5.91 Å². The smallest absolute Gasteiger partial charge is 0.276 e. The summed E-state index contributed by atoms with van der Waals surface area (Å²) < 4.78 is 1.73. The molecule has 1 aromatic heterocycles. The number of nitrogens with zero attached hydrogens (tertiary/aromatic N) is 2. The number of aryl methyl sites for hydroxylation is 2. The first-order valence-corrected chi connectivity index (χ1v) is 5.60. The predicted molar refractivity (Wildman–Crippen MR) is 67.0 cm³/mol. The summed E-state index contributed by atoms with van der Waals surface area (Å²) in [5, 5.41) is 6.97. The van der Waals surface area contributed by atoms with Gasteiger partial charge in [0, 0.05) is 18.4 Å². The molecule has 4 nitrogen and oxygen atoms in total. The van der Waals surface area contributed by atoms with Crippen LogP contribution in [0.4, 0.5) is 5.69 Å². The first-order valence-electron chi connectivity index (χ1n) is 5.60. The van der Waals surface area contributed by atoms with Crippen molar-refractivity contribution in [2.24, 2.45) is 0 Å². The van der Waals surface area contributed by atoms with E-state index in [9.17, 15) is 4.79 Å². The van der Waals surface area contributed by atoms with Gasteiger partial charge in [0.1, 0.15) is 0 Å². The van der Waals surface area contributed by atoms with Crippen molar-refractivity contribution in [1.82, 2.24) is 9.78 Å². The maximum atomic E-state index is 11.9. The fourth-order valence-corrected chi connectivity index (χ4v) is 1.58. The lowest BCUT2D eigenvalue weighted by atomic mass is 10.2. The third kappa shape index (κ3) is 2.72. The second-order valence-electron chi connectivity index (χ2n) is 3.88. The molecule has 4 heteroatoms. The normalized spacial score (nSPS) is 10.2. The molecule has 1 aromatic carbocycles. The molecule has 0 spiro atoms. The average Bonchev–Trinajstić information content (AvgIpc) is 2.77. The molecule has 1 heterocycles. The van der Waals surface area contributed by atoms with Crippen molar-refractivity contribution in [3.63, 3.8) is 0 Å². The van der Waals surface area contributed by atoms with Crippen molar-refractivity contribution in [1.29, 1.82) is 0 Å². The van der Waals surface area contributed by atoms with Crippen LogP contribution in [0.1, 0.15) is 23.0 Å². The molecule has 0 aliphatic heterocycles. The summed E-state index contributed by atoms with van der Waals surface area (Å²) in [7, 11) is 0. The Balaban J connectivity index is 2.11. The van der Waals surface area contributed by atoms with Crippen LogP contribution in [-0.4, -0.2) is 15.7 Å². The number of carbonyl (C=O) groups excluding carboxylic acids is 1. The molecular formula is C13H15N3O. The second-order valence-corrected chi connectivity index (χ2v) is 3.88. The summed E-state index contributed by atoms with van der Waals surface area (Å²) in [6.07, 6.45) is 1.80. The van der Waals surface area contributed by atoms with E-state index in [1.165, 1.54) is 0 Å². The van der Waals surface area contributed by atoms with Crippen LogP contribution < -0.4 is 5.32 Å². The summed E-state index contributed by atoms with van der Waals surface area (Å²) >= 11 is 0. The zero-order valence-corrected chi connectivity index (χ0v) is 9.97. The van der Waals surface area contributed by atoms with Crippen LogP contribution in [0.5, 0.6) is 0 Å². The first-order chi connectivity index (χ1) is 8.19. The largest absolute Gasteiger partial charge is 0.321 e. The number of hydrogen-bond donors (Lipinski definition) is 1. The lowest BCUT2D eigenvalue weighted by Gasteiger charge is -2.03. The van der Waals surface area contributed by atoms with E-state index in [-0.39, 0.29) is 5.91 Å². The Labute approximate surface area is 100 Å². The highest BCUT2D eigenvalue weighted by Gasteiger charge is 2.09. The number of carbonyl (C=O) groups is 1. The standard InChI is InChI=1S/C13H15N3O/c1-3-16-8-7-12(15-16)13(17)14-11-6-4-5-10(2)9-11/h4-9H,3H2,1-2H3,(H,14,17). The third-order valence-corrected chi connectivity index (χ3v) is 2.47. The molecule has 0 saturated heterocycles. The Bertz CT molecular complexity index is 531. The van der Waals surface area contributed by atoms with E-state index in [2.05, 4.69) is 10.4 Å². The maximum Gasteiger partial charge on any atom is 0.276 e. The molecule has 2 aromatic rings. The monoisotopic (exact) mass is 229 g/mol. The minimum absolute atomic E-state index is 0.178. The van der Waals surface area contributed by atoms with Gasteiger partial charge in [0.15, 0.2) is 5.69 Å². The van der Waals surface area contributed by atoms with Crippen molar-refractivity contribution in [3.05, 3.63) is 47.8 Å². The minimum atomic E-state index is -0.178. The molecule has 0 saturated carbocycles. The minimum Gasteiger partial charge on any atom is -0.321 e. The highest BCUT2D eigenvalue weighted by Crippen LogP contribution is 2.10. The number of anilines is 1. The van der Waals surface area contributed by atoms with Crippen LogP contribution in [0, 0.1) is 6.92 Å². The molecule has 0 aliphatic rings. The molecule has 88 valence electrons. The molecule has 2 rings (SSSR count). The van der Waals surface area contributed by atoms with Crippen LogP contribution >= 0.6 is 0 Å². The number of nitrogens with one attached hydrogen (secondary N) is 1. The van der Waals surface area contributed by atoms with Gasteiger partial charge in [-0.2, -0.15) is 5.10 Å². The SMILES string of the molecule is CCn1ccc(C(=O)Nc2cccc(C)c2)n1. The van der Waals surface area contributed by atoms with Crippen molar-refractivity contribution in [2.75, 3.05) is 5.32 Å². The zero-order chi connectivity index (χ0) is 12.3. The van der Waals surface area contributed by atoms with Gasteiger partial charge in [-0.05, 0) is 37.6 Å². The second kappa shape index (κ2) is 4.82. The van der Waals surface area contributed by atoms with Crippen LogP contribution in [0.3, 0.4) is 0 Å². The van der Waals surface area contributed by atoms with Crippen molar-refractivity contribution in [2.45, 2.75) is 20.4 Å². The van der Waals surface area contributed by atoms with Gasteiger partial charge in [0.05, 0.1) is 0 Å². The summed E-state index contributed by atoms with van der Waals surface area (Å²) in [5.41, 5.74) is 2.34. The highest BCUT2D eigenvalue weighted by molar-refractivity contribution is 6.02. The molecule has 0 bridgehead atoms. The summed E-state index contributed by atoms with van der Waals surface area (Å²) in [6, 6.07) is 9.40. The summed E-state index contributed by atoms with van der Waals surface area (Å²) in [5.74, 6) is -0.178. The molecule has 0 fully saturated rings. The van der Waals surface area contributed by atoms with Gasteiger partial charge in [-0.25, -0.2) is 0 Å². The molecule has 1 N–H and O–H groups in total. The predicted octanol–water partition coefficient (Wildman–Crippen LogP) is 2.46. The van der Waals surface area contributed by atoms with Gasteiger partial charge < -0.3 is 5.32 Å². The fourth-order valence-electron chi connectivity index (χ4n) is 1.58. The van der Waals surface area contributed by atoms with E-state index in [1.54, 1.807) is 16.9 Å². The number of hydrogen-bond acceptors (Lipinski definition) is 2. The maximum absolute atomic E-state index is 11.9.